The normalized spacial score (nSPS) is 20.5. The molecule has 1 aromatic heterocycles. The molecule has 1 aliphatic carbocycles. The molecule has 1 heterocycles. The first-order valence-electron chi connectivity index (χ1n) is 7.04. The quantitative estimate of drug-likeness (QED) is 0.884. The Labute approximate surface area is 123 Å². The lowest BCUT2D eigenvalue weighted by Gasteiger charge is -2.34. The van der Waals surface area contributed by atoms with Gasteiger partial charge in [0.05, 0.1) is 16.5 Å². The highest BCUT2D eigenvalue weighted by atomic mass is 35.5. The number of para-hydroxylation sites is 1. The van der Waals surface area contributed by atoms with Gasteiger partial charge in [0, 0.05) is 6.20 Å². The number of hydrogen-bond donors (Lipinski definition) is 1. The zero-order chi connectivity index (χ0) is 14.0. The Kier molecular flexibility index (Phi) is 3.76. The van der Waals surface area contributed by atoms with Gasteiger partial charge in [-0.3, -0.25) is 0 Å². The van der Waals surface area contributed by atoms with Crippen LogP contribution >= 0.6 is 11.6 Å². The van der Waals surface area contributed by atoms with E-state index in [1.54, 1.807) is 10.9 Å². The van der Waals surface area contributed by atoms with Crippen molar-refractivity contribution in [1.29, 1.82) is 0 Å². The van der Waals surface area contributed by atoms with Crippen LogP contribution in [0.15, 0.2) is 30.3 Å². The molecule has 1 aromatic carbocycles. The summed E-state index contributed by atoms with van der Waals surface area (Å²) in [5.41, 5.74) is 0.995. The van der Waals surface area contributed by atoms with E-state index in [1.165, 1.54) is 6.42 Å². The number of hydrogen-bond acceptors (Lipinski definition) is 3. The summed E-state index contributed by atoms with van der Waals surface area (Å²) in [5, 5.41) is 18.3. The molecule has 1 atom stereocenters. The molecule has 0 amide bonds. The van der Waals surface area contributed by atoms with Crippen LogP contribution in [0.3, 0.4) is 0 Å². The highest BCUT2D eigenvalue weighted by molar-refractivity contribution is 6.22. The molecule has 5 heteroatoms. The van der Waals surface area contributed by atoms with Crippen molar-refractivity contribution >= 4 is 28.8 Å². The summed E-state index contributed by atoms with van der Waals surface area (Å²) in [6.45, 7) is 0. The van der Waals surface area contributed by atoms with Gasteiger partial charge in [-0.05, 0) is 31.1 Å². The maximum atomic E-state index is 10.6. The van der Waals surface area contributed by atoms with Crippen molar-refractivity contribution in [1.82, 2.24) is 15.0 Å². The van der Waals surface area contributed by atoms with E-state index in [0.29, 0.717) is 0 Å². The fraction of sp³-hybridized carbons (Fsp3) is 0.467. The molecule has 1 unspecified atom stereocenters. The zero-order valence-corrected chi connectivity index (χ0v) is 12.0. The van der Waals surface area contributed by atoms with E-state index in [-0.39, 0.29) is 0 Å². The molecule has 0 bridgehead atoms. The number of rotatable bonds is 3. The molecule has 4 nitrogen and oxygen atoms in total. The zero-order valence-electron chi connectivity index (χ0n) is 11.2. The van der Waals surface area contributed by atoms with Crippen molar-refractivity contribution in [2.75, 3.05) is 0 Å². The van der Waals surface area contributed by atoms with Crippen LogP contribution in [-0.2, 0) is 0 Å². The molecule has 0 saturated heterocycles. The van der Waals surface area contributed by atoms with Crippen LogP contribution in [0.25, 0.3) is 17.2 Å². The molecule has 2 aromatic rings. The SMILES string of the molecule is OC1(C(Cl)C=Cn2nnc3ccccc32)CCCCC1. The molecule has 106 valence electrons. The first-order chi connectivity index (χ1) is 9.69. The van der Waals surface area contributed by atoms with Gasteiger partial charge in [-0.1, -0.05) is 36.6 Å². The van der Waals surface area contributed by atoms with Crippen LogP contribution in [0.4, 0.5) is 0 Å². The third-order valence-electron chi connectivity index (χ3n) is 4.01. The third-order valence-corrected chi connectivity index (χ3v) is 4.56. The number of benzene rings is 1. The molecular weight excluding hydrogens is 274 g/mol. The largest absolute Gasteiger partial charge is 0.388 e. The van der Waals surface area contributed by atoms with Crippen molar-refractivity contribution in [3.05, 3.63) is 30.3 Å². The number of halogens is 1. The first-order valence-corrected chi connectivity index (χ1v) is 7.47. The lowest BCUT2D eigenvalue weighted by molar-refractivity contribution is 0.0103. The van der Waals surface area contributed by atoms with Crippen molar-refractivity contribution in [3.63, 3.8) is 0 Å². The highest BCUT2D eigenvalue weighted by Gasteiger charge is 2.35. The van der Waals surface area contributed by atoms with Gasteiger partial charge >= 0.3 is 0 Å². The molecule has 1 aliphatic rings. The van der Waals surface area contributed by atoms with Crippen molar-refractivity contribution in [3.8, 4) is 0 Å². The monoisotopic (exact) mass is 291 g/mol. The van der Waals surface area contributed by atoms with Gasteiger partial charge < -0.3 is 5.11 Å². The average molecular weight is 292 g/mol. The van der Waals surface area contributed by atoms with Crippen molar-refractivity contribution in [2.45, 2.75) is 43.1 Å². The number of aromatic nitrogens is 3. The van der Waals surface area contributed by atoms with E-state index < -0.39 is 11.0 Å². The fourth-order valence-electron chi connectivity index (χ4n) is 2.77. The topological polar surface area (TPSA) is 50.9 Å². The van der Waals surface area contributed by atoms with Gasteiger partial charge in [0.2, 0.25) is 0 Å². The second-order valence-electron chi connectivity index (χ2n) is 5.43. The van der Waals surface area contributed by atoms with E-state index in [1.807, 2.05) is 30.3 Å². The van der Waals surface area contributed by atoms with Crippen LogP contribution < -0.4 is 0 Å². The van der Waals surface area contributed by atoms with Crippen LogP contribution in [0, 0.1) is 0 Å². The minimum absolute atomic E-state index is 0.397. The van der Waals surface area contributed by atoms with E-state index >= 15 is 0 Å². The Morgan fingerprint density at radius 1 is 1.25 bits per heavy atom. The molecule has 1 saturated carbocycles. The van der Waals surface area contributed by atoms with E-state index in [9.17, 15) is 5.11 Å². The fourth-order valence-corrected chi connectivity index (χ4v) is 3.06. The molecular formula is C15H18ClN3O. The number of aliphatic hydroxyl groups is 1. The van der Waals surface area contributed by atoms with Crippen LogP contribution in [0.1, 0.15) is 32.1 Å². The molecule has 20 heavy (non-hydrogen) atoms. The Balaban J connectivity index is 1.79. The summed E-state index contributed by atoms with van der Waals surface area (Å²) in [7, 11) is 0. The molecule has 0 aliphatic heterocycles. The Bertz CT molecular complexity index is 616. The Morgan fingerprint density at radius 3 is 2.80 bits per heavy atom. The third kappa shape index (κ3) is 2.58. The standard InChI is InChI=1S/C15H18ClN3O/c16-14(15(20)9-4-1-5-10-15)8-11-19-13-7-3-2-6-12(13)17-18-19/h2-3,6-8,11,14,20H,1,4-5,9-10H2. The van der Waals surface area contributed by atoms with Crippen molar-refractivity contribution in [2.24, 2.45) is 0 Å². The van der Waals surface area contributed by atoms with Gasteiger partial charge in [0.15, 0.2) is 0 Å². The number of nitrogens with zero attached hydrogens (tertiary/aromatic N) is 3. The summed E-state index contributed by atoms with van der Waals surface area (Å²) in [5.74, 6) is 0. The van der Waals surface area contributed by atoms with Gasteiger partial charge in [0.25, 0.3) is 0 Å². The van der Waals surface area contributed by atoms with Crippen molar-refractivity contribution < 1.29 is 5.11 Å². The predicted octanol–water partition coefficient (Wildman–Crippen LogP) is 3.20. The summed E-state index contributed by atoms with van der Waals surface area (Å²) in [4.78, 5) is 0. The molecule has 0 spiro atoms. The first kappa shape index (κ1) is 13.6. The maximum Gasteiger partial charge on any atom is 0.113 e. The van der Waals surface area contributed by atoms with Gasteiger partial charge in [-0.2, -0.15) is 0 Å². The molecule has 1 N–H and O–H groups in total. The molecule has 0 radical (unpaired) electrons. The smallest absolute Gasteiger partial charge is 0.113 e. The van der Waals surface area contributed by atoms with Crippen LogP contribution in [0.5, 0.6) is 0 Å². The van der Waals surface area contributed by atoms with E-state index in [0.717, 1.165) is 36.7 Å². The number of alkyl halides is 1. The minimum atomic E-state index is -0.785. The minimum Gasteiger partial charge on any atom is -0.388 e. The van der Waals surface area contributed by atoms with Gasteiger partial charge in [-0.15, -0.1) is 16.7 Å². The lowest BCUT2D eigenvalue weighted by Crippen LogP contribution is -2.39. The number of fused-ring (bicyclic) bond motifs is 1. The molecule has 3 rings (SSSR count). The Hall–Kier alpha value is -1.39. The van der Waals surface area contributed by atoms with Crippen LogP contribution in [0.2, 0.25) is 0 Å². The second-order valence-corrected chi connectivity index (χ2v) is 5.90. The van der Waals surface area contributed by atoms with Crippen LogP contribution in [-0.4, -0.2) is 31.1 Å². The summed E-state index contributed by atoms with van der Waals surface area (Å²) < 4.78 is 1.69. The van der Waals surface area contributed by atoms with E-state index in [2.05, 4.69) is 10.3 Å². The van der Waals surface area contributed by atoms with Gasteiger partial charge in [-0.25, -0.2) is 4.68 Å². The maximum absolute atomic E-state index is 10.6. The predicted molar refractivity (Wildman–Crippen MR) is 80.5 cm³/mol. The highest BCUT2D eigenvalue weighted by Crippen LogP contribution is 2.34. The second kappa shape index (κ2) is 5.54. The summed E-state index contributed by atoms with van der Waals surface area (Å²) in [6, 6.07) is 7.75. The Morgan fingerprint density at radius 2 is 2.00 bits per heavy atom. The van der Waals surface area contributed by atoms with E-state index in [4.69, 9.17) is 11.6 Å². The van der Waals surface area contributed by atoms with Gasteiger partial charge in [0.1, 0.15) is 5.52 Å². The summed E-state index contributed by atoms with van der Waals surface area (Å²) in [6.07, 6.45) is 8.41. The lowest BCUT2D eigenvalue weighted by atomic mass is 9.82. The average Bonchev–Trinajstić information content (AvgIpc) is 2.89. The molecule has 1 fully saturated rings. The summed E-state index contributed by atoms with van der Waals surface area (Å²) >= 11 is 6.37.